The molecule has 0 fully saturated rings. The molecule has 0 bridgehead atoms. The van der Waals surface area contributed by atoms with Gasteiger partial charge in [0, 0.05) is 18.0 Å². The van der Waals surface area contributed by atoms with Gasteiger partial charge in [-0.05, 0) is 36.5 Å². The zero-order valence-corrected chi connectivity index (χ0v) is 11.7. The van der Waals surface area contributed by atoms with Crippen LogP contribution in [0.2, 0.25) is 0 Å². The summed E-state index contributed by atoms with van der Waals surface area (Å²) in [5, 5.41) is 12.3. The first-order valence-corrected chi connectivity index (χ1v) is 6.99. The third-order valence-electron chi connectivity index (χ3n) is 3.05. The van der Waals surface area contributed by atoms with Gasteiger partial charge in [0.1, 0.15) is 0 Å². The fourth-order valence-corrected chi connectivity index (χ4v) is 2.94. The van der Waals surface area contributed by atoms with Crippen molar-refractivity contribution in [2.45, 2.75) is 19.6 Å². The van der Waals surface area contributed by atoms with Gasteiger partial charge in [0.05, 0.1) is 6.10 Å². The molecular formula is C15H19NOS. The number of aliphatic hydroxyl groups excluding tert-OH is 1. The van der Waals surface area contributed by atoms with E-state index in [4.69, 9.17) is 0 Å². The Labute approximate surface area is 113 Å². The molecule has 0 spiro atoms. The van der Waals surface area contributed by atoms with Crippen molar-refractivity contribution in [3.8, 4) is 0 Å². The van der Waals surface area contributed by atoms with Crippen molar-refractivity contribution in [3.05, 3.63) is 57.8 Å². The molecule has 0 aliphatic rings. The first kappa shape index (κ1) is 13.3. The standard InChI is InChI=1S/C15H19NOS/c1-12-8-9-18-15(12)11-16(2)10-14(17)13-6-4-3-5-7-13/h3-9,14,17H,10-11H2,1-2H3/t14-/m1/s1. The summed E-state index contributed by atoms with van der Waals surface area (Å²) in [7, 11) is 2.05. The second-order valence-corrected chi connectivity index (χ2v) is 5.65. The molecule has 2 rings (SSSR count). The quantitative estimate of drug-likeness (QED) is 0.893. The molecule has 0 aliphatic heterocycles. The highest BCUT2D eigenvalue weighted by Crippen LogP contribution is 2.19. The Morgan fingerprint density at radius 3 is 2.56 bits per heavy atom. The fraction of sp³-hybridized carbons (Fsp3) is 0.333. The maximum Gasteiger partial charge on any atom is 0.0916 e. The lowest BCUT2D eigenvalue weighted by Crippen LogP contribution is -2.24. The summed E-state index contributed by atoms with van der Waals surface area (Å²) in [5.74, 6) is 0. The lowest BCUT2D eigenvalue weighted by atomic mass is 10.1. The number of hydrogen-bond donors (Lipinski definition) is 1. The summed E-state index contributed by atoms with van der Waals surface area (Å²) in [5.41, 5.74) is 2.31. The molecule has 18 heavy (non-hydrogen) atoms. The normalized spacial score (nSPS) is 12.9. The minimum Gasteiger partial charge on any atom is -0.387 e. The first-order chi connectivity index (χ1) is 8.66. The number of benzene rings is 1. The van der Waals surface area contributed by atoms with E-state index in [1.54, 1.807) is 11.3 Å². The molecule has 3 heteroatoms. The van der Waals surface area contributed by atoms with Crippen molar-refractivity contribution >= 4 is 11.3 Å². The maximum atomic E-state index is 10.2. The number of nitrogens with zero attached hydrogens (tertiary/aromatic N) is 1. The molecule has 1 aromatic carbocycles. The average molecular weight is 261 g/mol. The van der Waals surface area contributed by atoms with Gasteiger partial charge < -0.3 is 5.11 Å². The van der Waals surface area contributed by atoms with Crippen LogP contribution in [0.3, 0.4) is 0 Å². The summed E-state index contributed by atoms with van der Waals surface area (Å²) in [4.78, 5) is 3.54. The first-order valence-electron chi connectivity index (χ1n) is 6.11. The molecule has 1 heterocycles. The van der Waals surface area contributed by atoms with Crippen molar-refractivity contribution in [1.29, 1.82) is 0 Å². The predicted octanol–water partition coefficient (Wildman–Crippen LogP) is 3.22. The van der Waals surface area contributed by atoms with Crippen molar-refractivity contribution in [1.82, 2.24) is 4.90 Å². The Bertz CT molecular complexity index is 480. The molecular weight excluding hydrogens is 242 g/mol. The van der Waals surface area contributed by atoms with Crippen LogP contribution < -0.4 is 0 Å². The van der Waals surface area contributed by atoms with Crippen LogP contribution in [-0.4, -0.2) is 23.6 Å². The highest BCUT2D eigenvalue weighted by Gasteiger charge is 2.11. The van der Waals surface area contributed by atoms with Crippen LogP contribution in [0.15, 0.2) is 41.8 Å². The van der Waals surface area contributed by atoms with Gasteiger partial charge in [0.25, 0.3) is 0 Å². The zero-order valence-electron chi connectivity index (χ0n) is 10.8. The summed E-state index contributed by atoms with van der Waals surface area (Å²) in [6, 6.07) is 12.0. The van der Waals surface area contributed by atoms with Gasteiger partial charge in [-0.1, -0.05) is 30.3 Å². The summed E-state index contributed by atoms with van der Waals surface area (Å²) < 4.78 is 0. The van der Waals surface area contributed by atoms with E-state index < -0.39 is 6.10 Å². The molecule has 0 radical (unpaired) electrons. The molecule has 0 amide bonds. The Balaban J connectivity index is 1.92. The van der Waals surface area contributed by atoms with Crippen LogP contribution in [0, 0.1) is 6.92 Å². The predicted molar refractivity (Wildman–Crippen MR) is 76.8 cm³/mol. The van der Waals surface area contributed by atoms with Crippen molar-refractivity contribution < 1.29 is 5.11 Å². The minimum absolute atomic E-state index is 0.420. The largest absolute Gasteiger partial charge is 0.387 e. The second-order valence-electron chi connectivity index (χ2n) is 4.65. The van der Waals surface area contributed by atoms with Crippen molar-refractivity contribution in [2.24, 2.45) is 0 Å². The van der Waals surface area contributed by atoms with E-state index >= 15 is 0 Å². The third kappa shape index (κ3) is 3.42. The van der Waals surface area contributed by atoms with Gasteiger partial charge >= 0.3 is 0 Å². The van der Waals surface area contributed by atoms with Gasteiger partial charge in [-0.3, -0.25) is 4.90 Å². The number of thiophene rings is 1. The molecule has 1 N–H and O–H groups in total. The lowest BCUT2D eigenvalue weighted by Gasteiger charge is -2.20. The smallest absolute Gasteiger partial charge is 0.0916 e. The summed E-state index contributed by atoms with van der Waals surface area (Å²) >= 11 is 1.78. The Kier molecular flexibility index (Phi) is 4.53. The molecule has 1 atom stereocenters. The topological polar surface area (TPSA) is 23.5 Å². The lowest BCUT2D eigenvalue weighted by molar-refractivity contribution is 0.124. The molecule has 96 valence electrons. The van der Waals surface area contributed by atoms with Crippen LogP contribution in [0.4, 0.5) is 0 Å². The number of hydrogen-bond acceptors (Lipinski definition) is 3. The van der Waals surface area contributed by atoms with E-state index in [0.717, 1.165) is 12.1 Å². The second kappa shape index (κ2) is 6.14. The van der Waals surface area contributed by atoms with Crippen LogP contribution in [0.5, 0.6) is 0 Å². The summed E-state index contributed by atoms with van der Waals surface area (Å²) in [6.07, 6.45) is -0.420. The van der Waals surface area contributed by atoms with E-state index in [1.165, 1.54) is 10.4 Å². The molecule has 2 aromatic rings. The highest BCUT2D eigenvalue weighted by atomic mass is 32.1. The fourth-order valence-electron chi connectivity index (χ4n) is 1.95. The van der Waals surface area contributed by atoms with E-state index in [0.29, 0.717) is 6.54 Å². The van der Waals surface area contributed by atoms with E-state index in [2.05, 4.69) is 23.3 Å². The molecule has 0 saturated carbocycles. The van der Waals surface area contributed by atoms with Crippen LogP contribution >= 0.6 is 11.3 Å². The Hall–Kier alpha value is -1.16. The van der Waals surface area contributed by atoms with Crippen LogP contribution in [-0.2, 0) is 6.54 Å². The number of aryl methyl sites for hydroxylation is 1. The molecule has 1 aromatic heterocycles. The van der Waals surface area contributed by atoms with Crippen molar-refractivity contribution in [2.75, 3.05) is 13.6 Å². The Morgan fingerprint density at radius 2 is 1.94 bits per heavy atom. The monoisotopic (exact) mass is 261 g/mol. The SMILES string of the molecule is Cc1ccsc1CN(C)C[C@@H](O)c1ccccc1. The van der Waals surface area contributed by atoms with Crippen LogP contribution in [0.1, 0.15) is 22.1 Å². The number of aliphatic hydroxyl groups is 1. The number of rotatable bonds is 5. The van der Waals surface area contributed by atoms with Gasteiger partial charge in [0.15, 0.2) is 0 Å². The number of likely N-dealkylation sites (N-methyl/N-ethyl adjacent to an activating group) is 1. The highest BCUT2D eigenvalue weighted by molar-refractivity contribution is 7.10. The minimum atomic E-state index is -0.420. The van der Waals surface area contributed by atoms with Crippen LogP contribution in [0.25, 0.3) is 0 Å². The third-order valence-corrected chi connectivity index (χ3v) is 4.06. The van der Waals surface area contributed by atoms with Crippen molar-refractivity contribution in [3.63, 3.8) is 0 Å². The molecule has 2 nitrogen and oxygen atoms in total. The Morgan fingerprint density at radius 1 is 1.22 bits per heavy atom. The maximum absolute atomic E-state index is 10.2. The van der Waals surface area contributed by atoms with E-state index in [9.17, 15) is 5.11 Å². The molecule has 0 saturated heterocycles. The van der Waals surface area contributed by atoms with Gasteiger partial charge in [-0.25, -0.2) is 0 Å². The molecule has 0 aliphatic carbocycles. The van der Waals surface area contributed by atoms with Gasteiger partial charge in [-0.15, -0.1) is 11.3 Å². The molecule has 0 unspecified atom stereocenters. The van der Waals surface area contributed by atoms with Gasteiger partial charge in [0.2, 0.25) is 0 Å². The van der Waals surface area contributed by atoms with E-state index in [-0.39, 0.29) is 0 Å². The average Bonchev–Trinajstić information content (AvgIpc) is 2.76. The summed E-state index contributed by atoms with van der Waals surface area (Å²) in [6.45, 7) is 3.68. The zero-order chi connectivity index (χ0) is 13.0. The van der Waals surface area contributed by atoms with E-state index in [1.807, 2.05) is 37.4 Å². The van der Waals surface area contributed by atoms with Gasteiger partial charge in [-0.2, -0.15) is 0 Å².